The summed E-state index contributed by atoms with van der Waals surface area (Å²) in [5, 5.41) is 9.58. The van der Waals surface area contributed by atoms with E-state index in [1.165, 1.54) is 11.3 Å². The summed E-state index contributed by atoms with van der Waals surface area (Å²) < 4.78 is 0. The monoisotopic (exact) mass is 330 g/mol. The van der Waals surface area contributed by atoms with Gasteiger partial charge >= 0.3 is 0 Å². The van der Waals surface area contributed by atoms with Gasteiger partial charge in [-0.2, -0.15) is 0 Å². The lowest BCUT2D eigenvalue weighted by Crippen LogP contribution is -2.34. The van der Waals surface area contributed by atoms with Crippen molar-refractivity contribution in [1.29, 1.82) is 0 Å². The molecular formula is C19H26N2O3. The minimum Gasteiger partial charge on any atom is -0.393 e. The zero-order valence-electron chi connectivity index (χ0n) is 14.3. The SMILES string of the molecule is CC(O)CC1CCCN1CCCCN1C(=O)c2ccccc2C1=O. The lowest BCUT2D eigenvalue weighted by molar-refractivity contribution is 0.0648. The number of imide groups is 1. The zero-order valence-corrected chi connectivity index (χ0v) is 14.3. The van der Waals surface area contributed by atoms with Crippen molar-refractivity contribution in [3.05, 3.63) is 35.4 Å². The number of amides is 2. The molecule has 0 saturated carbocycles. The Balaban J connectivity index is 1.46. The van der Waals surface area contributed by atoms with E-state index in [4.69, 9.17) is 0 Å². The average Bonchev–Trinajstić information content (AvgIpc) is 3.09. The third-order valence-electron chi connectivity index (χ3n) is 5.07. The quantitative estimate of drug-likeness (QED) is 0.615. The third-order valence-corrected chi connectivity index (χ3v) is 5.07. The second kappa shape index (κ2) is 7.45. The molecule has 2 atom stereocenters. The van der Waals surface area contributed by atoms with Crippen LogP contribution in [-0.2, 0) is 0 Å². The molecule has 0 aromatic heterocycles. The first-order chi connectivity index (χ1) is 11.6. The molecular weight excluding hydrogens is 304 g/mol. The highest BCUT2D eigenvalue weighted by molar-refractivity contribution is 6.21. The zero-order chi connectivity index (χ0) is 17.1. The van der Waals surface area contributed by atoms with Crippen LogP contribution in [0.5, 0.6) is 0 Å². The normalized spacial score (nSPS) is 22.2. The van der Waals surface area contributed by atoms with Crippen molar-refractivity contribution in [3.63, 3.8) is 0 Å². The molecule has 3 rings (SSSR count). The number of carbonyl (C=O) groups excluding carboxylic acids is 2. The summed E-state index contributed by atoms with van der Waals surface area (Å²) >= 11 is 0. The highest BCUT2D eigenvalue weighted by Crippen LogP contribution is 2.24. The van der Waals surface area contributed by atoms with Gasteiger partial charge in [0.25, 0.3) is 11.8 Å². The molecule has 1 aromatic carbocycles. The van der Waals surface area contributed by atoms with Crippen molar-refractivity contribution in [2.45, 2.75) is 51.2 Å². The molecule has 1 fully saturated rings. The van der Waals surface area contributed by atoms with Crippen molar-refractivity contribution < 1.29 is 14.7 Å². The molecule has 1 saturated heterocycles. The first kappa shape index (κ1) is 17.1. The topological polar surface area (TPSA) is 60.9 Å². The predicted molar refractivity (Wildman–Crippen MR) is 91.9 cm³/mol. The van der Waals surface area contributed by atoms with Crippen molar-refractivity contribution >= 4 is 11.8 Å². The first-order valence-electron chi connectivity index (χ1n) is 8.95. The van der Waals surface area contributed by atoms with Crippen LogP contribution < -0.4 is 0 Å². The van der Waals surface area contributed by atoms with E-state index in [-0.39, 0.29) is 17.9 Å². The molecule has 5 heteroatoms. The smallest absolute Gasteiger partial charge is 0.261 e. The average molecular weight is 330 g/mol. The van der Waals surface area contributed by atoms with Crippen LogP contribution in [0.3, 0.4) is 0 Å². The summed E-state index contributed by atoms with van der Waals surface area (Å²) in [5.74, 6) is -0.326. The number of hydrogen-bond donors (Lipinski definition) is 1. The van der Waals surface area contributed by atoms with Gasteiger partial charge < -0.3 is 10.0 Å². The fraction of sp³-hybridized carbons (Fsp3) is 0.579. The summed E-state index contributed by atoms with van der Waals surface area (Å²) in [6.45, 7) is 4.39. The Labute approximate surface area is 143 Å². The van der Waals surface area contributed by atoms with Gasteiger partial charge in [0.15, 0.2) is 0 Å². The lowest BCUT2D eigenvalue weighted by Gasteiger charge is -2.25. The number of unbranched alkanes of at least 4 members (excludes halogenated alkanes) is 1. The molecule has 0 radical (unpaired) electrons. The molecule has 2 unspecified atom stereocenters. The van der Waals surface area contributed by atoms with Crippen LogP contribution in [0, 0.1) is 0 Å². The Morgan fingerprint density at radius 2 is 1.75 bits per heavy atom. The summed E-state index contributed by atoms with van der Waals surface area (Å²) in [4.78, 5) is 28.4. The van der Waals surface area contributed by atoms with Crippen LogP contribution in [0.15, 0.2) is 24.3 Å². The second-order valence-electron chi connectivity index (χ2n) is 6.93. The Bertz CT molecular complexity index is 579. The molecule has 130 valence electrons. The second-order valence-corrected chi connectivity index (χ2v) is 6.93. The Morgan fingerprint density at radius 3 is 2.38 bits per heavy atom. The summed E-state index contributed by atoms with van der Waals surface area (Å²) in [5.41, 5.74) is 1.05. The molecule has 0 spiro atoms. The van der Waals surface area contributed by atoms with Crippen LogP contribution in [0.2, 0.25) is 0 Å². The third kappa shape index (κ3) is 3.52. The van der Waals surface area contributed by atoms with Gasteiger partial charge in [-0.25, -0.2) is 0 Å². The predicted octanol–water partition coefficient (Wildman–Crippen LogP) is 2.30. The molecule has 2 amide bonds. The summed E-state index contributed by atoms with van der Waals surface area (Å²) in [6.07, 6.45) is 4.71. The van der Waals surface area contributed by atoms with Gasteiger partial charge in [0, 0.05) is 12.6 Å². The van der Waals surface area contributed by atoms with E-state index < -0.39 is 0 Å². The van der Waals surface area contributed by atoms with Gasteiger partial charge in [0.2, 0.25) is 0 Å². The summed E-state index contributed by atoms with van der Waals surface area (Å²) in [7, 11) is 0. The van der Waals surface area contributed by atoms with Gasteiger partial charge in [0.05, 0.1) is 17.2 Å². The first-order valence-corrected chi connectivity index (χ1v) is 8.95. The summed E-state index contributed by atoms with van der Waals surface area (Å²) in [6, 6.07) is 7.51. The lowest BCUT2D eigenvalue weighted by atomic mass is 10.1. The van der Waals surface area contributed by atoms with Crippen molar-refractivity contribution in [3.8, 4) is 0 Å². The minimum atomic E-state index is -0.256. The number of aliphatic hydroxyl groups excluding tert-OH is 1. The van der Waals surface area contributed by atoms with Crippen LogP contribution in [-0.4, -0.2) is 58.5 Å². The van der Waals surface area contributed by atoms with Crippen LogP contribution in [0.4, 0.5) is 0 Å². The highest BCUT2D eigenvalue weighted by atomic mass is 16.3. The van der Waals surface area contributed by atoms with E-state index in [0.29, 0.717) is 23.7 Å². The Morgan fingerprint density at radius 1 is 1.12 bits per heavy atom. The van der Waals surface area contributed by atoms with E-state index in [2.05, 4.69) is 4.90 Å². The van der Waals surface area contributed by atoms with Crippen molar-refractivity contribution in [2.75, 3.05) is 19.6 Å². The Kier molecular flexibility index (Phi) is 5.31. The Hall–Kier alpha value is -1.72. The van der Waals surface area contributed by atoms with E-state index in [1.54, 1.807) is 24.3 Å². The number of rotatable bonds is 7. The van der Waals surface area contributed by atoms with E-state index in [1.807, 2.05) is 6.92 Å². The fourth-order valence-electron chi connectivity index (χ4n) is 3.88. The maximum Gasteiger partial charge on any atom is 0.261 e. The molecule has 2 aliphatic heterocycles. The standard InChI is InChI=1S/C19H26N2O3/c1-14(22)13-15-7-6-11-20(15)10-4-5-12-21-18(23)16-8-2-3-9-17(16)19(21)24/h2-3,8-9,14-15,22H,4-7,10-13H2,1H3. The van der Waals surface area contributed by atoms with E-state index >= 15 is 0 Å². The van der Waals surface area contributed by atoms with Crippen LogP contribution in [0.25, 0.3) is 0 Å². The molecule has 24 heavy (non-hydrogen) atoms. The number of likely N-dealkylation sites (tertiary alicyclic amines) is 1. The molecule has 0 aliphatic carbocycles. The number of hydrogen-bond acceptors (Lipinski definition) is 4. The maximum atomic E-state index is 12.3. The van der Waals surface area contributed by atoms with E-state index in [9.17, 15) is 14.7 Å². The highest BCUT2D eigenvalue weighted by Gasteiger charge is 2.34. The molecule has 2 heterocycles. The molecule has 2 aliphatic rings. The van der Waals surface area contributed by atoms with Gasteiger partial charge in [-0.1, -0.05) is 12.1 Å². The van der Waals surface area contributed by atoms with Gasteiger partial charge in [-0.3, -0.25) is 14.5 Å². The molecule has 0 bridgehead atoms. The number of benzene rings is 1. The molecule has 5 nitrogen and oxygen atoms in total. The minimum absolute atomic E-state index is 0.163. The number of carbonyl (C=O) groups is 2. The maximum absolute atomic E-state index is 12.3. The van der Waals surface area contributed by atoms with Crippen LogP contribution in [0.1, 0.15) is 59.7 Å². The molecule has 1 N–H and O–H groups in total. The molecule has 1 aromatic rings. The van der Waals surface area contributed by atoms with Crippen molar-refractivity contribution in [2.24, 2.45) is 0 Å². The number of aliphatic hydroxyl groups is 1. The van der Waals surface area contributed by atoms with Gasteiger partial charge in [-0.15, -0.1) is 0 Å². The van der Waals surface area contributed by atoms with Gasteiger partial charge in [0.1, 0.15) is 0 Å². The number of fused-ring (bicyclic) bond motifs is 1. The van der Waals surface area contributed by atoms with Crippen molar-refractivity contribution in [1.82, 2.24) is 9.80 Å². The van der Waals surface area contributed by atoms with Crippen LogP contribution >= 0.6 is 0 Å². The number of nitrogens with zero attached hydrogens (tertiary/aromatic N) is 2. The largest absolute Gasteiger partial charge is 0.393 e. The van der Waals surface area contributed by atoms with E-state index in [0.717, 1.165) is 38.8 Å². The fourth-order valence-corrected chi connectivity index (χ4v) is 3.88. The van der Waals surface area contributed by atoms with Gasteiger partial charge in [-0.05, 0) is 64.3 Å².